The third-order valence-corrected chi connectivity index (χ3v) is 4.03. The average Bonchev–Trinajstić information content (AvgIpc) is 2.48. The highest BCUT2D eigenvalue weighted by molar-refractivity contribution is 5.81. The Morgan fingerprint density at radius 1 is 1.31 bits per heavy atom. The first-order valence-electron chi connectivity index (χ1n) is 5.84. The Balaban J connectivity index is 2.05. The summed E-state index contributed by atoms with van der Waals surface area (Å²) in [6, 6.07) is 0. The van der Waals surface area contributed by atoms with Crippen LogP contribution >= 0.6 is 0 Å². The van der Waals surface area contributed by atoms with Gasteiger partial charge in [-0.2, -0.15) is 0 Å². The molecular formula is C12H20O. The lowest BCUT2D eigenvalue weighted by atomic mass is 9.91. The molecule has 0 bridgehead atoms. The van der Waals surface area contributed by atoms with E-state index in [4.69, 9.17) is 0 Å². The first-order chi connectivity index (χ1) is 6.31. The number of carbonyl (C=O) groups excluding carboxylic acids is 1. The van der Waals surface area contributed by atoms with Crippen molar-refractivity contribution in [2.45, 2.75) is 51.9 Å². The second-order valence-electron chi connectivity index (χ2n) is 4.82. The maximum atomic E-state index is 11.8. The van der Waals surface area contributed by atoms with Crippen LogP contribution in [0.2, 0.25) is 0 Å². The minimum Gasteiger partial charge on any atom is -0.299 e. The number of carbonyl (C=O) groups is 1. The van der Waals surface area contributed by atoms with E-state index in [-0.39, 0.29) is 0 Å². The van der Waals surface area contributed by atoms with Gasteiger partial charge in [-0.25, -0.2) is 0 Å². The van der Waals surface area contributed by atoms with Crippen LogP contribution in [0.1, 0.15) is 51.9 Å². The van der Waals surface area contributed by atoms with E-state index in [0.717, 1.165) is 24.7 Å². The topological polar surface area (TPSA) is 17.1 Å². The molecule has 0 saturated heterocycles. The van der Waals surface area contributed by atoms with Gasteiger partial charge in [0, 0.05) is 12.3 Å². The van der Waals surface area contributed by atoms with Crippen molar-refractivity contribution in [1.29, 1.82) is 0 Å². The molecular weight excluding hydrogens is 160 g/mol. The fourth-order valence-corrected chi connectivity index (χ4v) is 3.18. The summed E-state index contributed by atoms with van der Waals surface area (Å²) >= 11 is 0. The minimum absolute atomic E-state index is 0.465. The molecule has 2 rings (SSSR count). The van der Waals surface area contributed by atoms with Gasteiger partial charge in [0.2, 0.25) is 0 Å². The van der Waals surface area contributed by atoms with Crippen LogP contribution in [0.3, 0.4) is 0 Å². The Labute approximate surface area is 80.9 Å². The van der Waals surface area contributed by atoms with E-state index in [1.807, 2.05) is 0 Å². The first-order valence-corrected chi connectivity index (χ1v) is 5.84. The minimum atomic E-state index is 0.465. The summed E-state index contributed by atoms with van der Waals surface area (Å²) in [6.45, 7) is 2.26. The molecule has 74 valence electrons. The second kappa shape index (κ2) is 3.81. The maximum Gasteiger partial charge on any atom is 0.136 e. The molecule has 0 aromatic heterocycles. The predicted molar refractivity (Wildman–Crippen MR) is 53.5 cm³/mol. The van der Waals surface area contributed by atoms with E-state index >= 15 is 0 Å². The number of rotatable bonds is 1. The molecule has 0 aromatic carbocycles. The predicted octanol–water partition coefficient (Wildman–Crippen LogP) is 3.18. The molecule has 13 heavy (non-hydrogen) atoms. The van der Waals surface area contributed by atoms with E-state index in [0.29, 0.717) is 11.7 Å². The smallest absolute Gasteiger partial charge is 0.136 e. The van der Waals surface area contributed by atoms with E-state index in [1.54, 1.807) is 0 Å². The van der Waals surface area contributed by atoms with Crippen LogP contribution in [0.25, 0.3) is 0 Å². The quantitative estimate of drug-likeness (QED) is 0.605. The van der Waals surface area contributed by atoms with Crippen molar-refractivity contribution < 1.29 is 4.79 Å². The monoisotopic (exact) mass is 180 g/mol. The summed E-state index contributed by atoms with van der Waals surface area (Å²) in [5.41, 5.74) is 0. The summed E-state index contributed by atoms with van der Waals surface area (Å²) in [5, 5.41) is 0. The molecule has 0 heterocycles. The fourth-order valence-electron chi connectivity index (χ4n) is 3.18. The molecule has 0 amide bonds. The highest BCUT2D eigenvalue weighted by atomic mass is 16.1. The van der Waals surface area contributed by atoms with Crippen molar-refractivity contribution in [1.82, 2.24) is 0 Å². The number of ketones is 1. The van der Waals surface area contributed by atoms with Crippen LogP contribution in [-0.2, 0) is 4.79 Å². The van der Waals surface area contributed by atoms with Crippen molar-refractivity contribution in [2.24, 2.45) is 17.8 Å². The van der Waals surface area contributed by atoms with Crippen molar-refractivity contribution in [3.63, 3.8) is 0 Å². The van der Waals surface area contributed by atoms with Crippen LogP contribution in [0, 0.1) is 17.8 Å². The Hall–Kier alpha value is -0.330. The zero-order valence-corrected chi connectivity index (χ0v) is 8.59. The SMILES string of the molecule is CC[C@@H]1C[C@H]2CCCCC(=O)[C@@H]2C1. The van der Waals surface area contributed by atoms with Gasteiger partial charge in [-0.15, -0.1) is 0 Å². The number of fused-ring (bicyclic) bond motifs is 1. The van der Waals surface area contributed by atoms with Gasteiger partial charge < -0.3 is 0 Å². The summed E-state index contributed by atoms with van der Waals surface area (Å²) in [7, 11) is 0. The van der Waals surface area contributed by atoms with Gasteiger partial charge in [-0.05, 0) is 37.5 Å². The lowest BCUT2D eigenvalue weighted by Crippen LogP contribution is -2.15. The molecule has 0 radical (unpaired) electrons. The van der Waals surface area contributed by atoms with Crippen molar-refractivity contribution in [2.75, 3.05) is 0 Å². The van der Waals surface area contributed by atoms with Crippen molar-refractivity contribution in [3.05, 3.63) is 0 Å². The molecule has 2 aliphatic carbocycles. The van der Waals surface area contributed by atoms with Crippen LogP contribution in [-0.4, -0.2) is 5.78 Å². The Kier molecular flexibility index (Phi) is 2.71. The molecule has 2 fully saturated rings. The second-order valence-corrected chi connectivity index (χ2v) is 4.82. The highest BCUT2D eigenvalue weighted by Crippen LogP contribution is 2.43. The van der Waals surface area contributed by atoms with Crippen LogP contribution in [0.15, 0.2) is 0 Å². The van der Waals surface area contributed by atoms with Gasteiger partial charge in [-0.3, -0.25) is 4.79 Å². The Morgan fingerprint density at radius 3 is 2.92 bits per heavy atom. The van der Waals surface area contributed by atoms with E-state index < -0.39 is 0 Å². The third-order valence-electron chi connectivity index (χ3n) is 4.03. The van der Waals surface area contributed by atoms with Gasteiger partial charge in [0.05, 0.1) is 0 Å². The highest BCUT2D eigenvalue weighted by Gasteiger charge is 2.38. The number of hydrogen-bond acceptors (Lipinski definition) is 1. The molecule has 3 atom stereocenters. The van der Waals surface area contributed by atoms with E-state index in [2.05, 4.69) is 6.92 Å². The van der Waals surface area contributed by atoms with Gasteiger partial charge in [0.25, 0.3) is 0 Å². The van der Waals surface area contributed by atoms with Crippen molar-refractivity contribution >= 4 is 5.78 Å². The molecule has 0 spiro atoms. The Bertz CT molecular complexity index is 197. The lowest BCUT2D eigenvalue weighted by molar-refractivity contribution is -0.123. The van der Waals surface area contributed by atoms with Gasteiger partial charge in [-0.1, -0.05) is 19.8 Å². The van der Waals surface area contributed by atoms with Crippen LogP contribution in [0.5, 0.6) is 0 Å². The van der Waals surface area contributed by atoms with Crippen molar-refractivity contribution in [3.8, 4) is 0 Å². The first kappa shape index (κ1) is 9.23. The molecule has 0 unspecified atom stereocenters. The maximum absolute atomic E-state index is 11.8. The lowest BCUT2D eigenvalue weighted by Gasteiger charge is -2.13. The molecule has 0 N–H and O–H groups in total. The molecule has 1 heteroatoms. The molecule has 0 aliphatic heterocycles. The number of Topliss-reactive ketones (excluding diaryl/α,β-unsaturated/α-hetero) is 1. The number of hydrogen-bond donors (Lipinski definition) is 0. The summed E-state index contributed by atoms with van der Waals surface area (Å²) in [5.74, 6) is 2.67. The molecule has 1 nitrogen and oxygen atoms in total. The van der Waals surface area contributed by atoms with Crippen LogP contribution in [0.4, 0.5) is 0 Å². The summed E-state index contributed by atoms with van der Waals surface area (Å²) < 4.78 is 0. The van der Waals surface area contributed by atoms with E-state index in [9.17, 15) is 4.79 Å². The molecule has 2 aliphatic rings. The normalized spacial score (nSPS) is 40.1. The average molecular weight is 180 g/mol. The molecule has 2 saturated carbocycles. The fraction of sp³-hybridized carbons (Fsp3) is 0.917. The zero-order chi connectivity index (χ0) is 9.26. The summed E-state index contributed by atoms with van der Waals surface area (Å²) in [6.07, 6.45) is 8.48. The van der Waals surface area contributed by atoms with Gasteiger partial charge >= 0.3 is 0 Å². The largest absolute Gasteiger partial charge is 0.299 e. The molecule has 0 aromatic rings. The summed E-state index contributed by atoms with van der Waals surface area (Å²) in [4.78, 5) is 11.8. The van der Waals surface area contributed by atoms with E-state index in [1.165, 1.54) is 32.1 Å². The zero-order valence-electron chi connectivity index (χ0n) is 8.59. The van der Waals surface area contributed by atoms with Gasteiger partial charge in [0.1, 0.15) is 5.78 Å². The third kappa shape index (κ3) is 1.79. The van der Waals surface area contributed by atoms with Gasteiger partial charge in [0.15, 0.2) is 0 Å². The standard InChI is InChI=1S/C12H20O/c1-2-9-7-10-5-3-4-6-12(13)11(10)8-9/h9-11H,2-8H2,1H3/t9-,10-,11-/m1/s1. The van der Waals surface area contributed by atoms with Crippen LogP contribution < -0.4 is 0 Å². The Morgan fingerprint density at radius 2 is 2.15 bits per heavy atom.